The van der Waals surface area contributed by atoms with Crippen LogP contribution < -0.4 is 5.56 Å². The van der Waals surface area contributed by atoms with Gasteiger partial charge in [-0.3, -0.25) is 9.78 Å². The lowest BCUT2D eigenvalue weighted by atomic mass is 10.1. The van der Waals surface area contributed by atoms with Gasteiger partial charge in [0.2, 0.25) is 5.88 Å². The quantitative estimate of drug-likeness (QED) is 0.596. The Morgan fingerprint density at radius 1 is 1.00 bits per heavy atom. The summed E-state index contributed by atoms with van der Waals surface area (Å²) >= 11 is 0. The second kappa shape index (κ2) is 5.10. The van der Waals surface area contributed by atoms with Crippen molar-refractivity contribution >= 4 is 5.65 Å². The number of nitrogens with zero attached hydrogens (tertiary/aromatic N) is 3. The van der Waals surface area contributed by atoms with E-state index in [1.807, 2.05) is 24.3 Å². The highest BCUT2D eigenvalue weighted by atomic mass is 16.3. The lowest BCUT2D eigenvalue weighted by Gasteiger charge is -2.06. The van der Waals surface area contributed by atoms with Crippen molar-refractivity contribution in [2.45, 2.75) is 0 Å². The Morgan fingerprint density at radius 2 is 1.78 bits per heavy atom. The van der Waals surface area contributed by atoms with Gasteiger partial charge in [0.15, 0.2) is 0 Å². The molecule has 0 amide bonds. The zero-order chi connectivity index (χ0) is 15.8. The van der Waals surface area contributed by atoms with E-state index < -0.39 is 0 Å². The third-order valence-electron chi connectivity index (χ3n) is 3.69. The van der Waals surface area contributed by atoms with Crippen LogP contribution in [0.1, 0.15) is 0 Å². The summed E-state index contributed by atoms with van der Waals surface area (Å²) in [5, 5.41) is 14.7. The average molecular weight is 304 g/mol. The fourth-order valence-corrected chi connectivity index (χ4v) is 2.61. The molecule has 0 aliphatic carbocycles. The molecule has 0 atom stereocenters. The van der Waals surface area contributed by atoms with E-state index in [2.05, 4.69) is 15.1 Å². The first-order valence-electron chi connectivity index (χ1n) is 7.04. The summed E-state index contributed by atoms with van der Waals surface area (Å²) in [5.74, 6) is -0.190. The Labute approximate surface area is 130 Å². The molecule has 4 aromatic rings. The van der Waals surface area contributed by atoms with Crippen LogP contribution in [0.25, 0.3) is 27.9 Å². The molecule has 23 heavy (non-hydrogen) atoms. The topological polar surface area (TPSA) is 83.3 Å². The van der Waals surface area contributed by atoms with Crippen LogP contribution in [-0.4, -0.2) is 24.7 Å². The molecule has 112 valence electrons. The smallest absolute Gasteiger partial charge is 0.262 e. The van der Waals surface area contributed by atoms with Crippen LogP contribution in [0.5, 0.6) is 5.88 Å². The maximum atomic E-state index is 12.5. The molecule has 0 fully saturated rings. The number of nitrogens with one attached hydrogen (secondary N) is 1. The first-order chi connectivity index (χ1) is 11.3. The fourth-order valence-electron chi connectivity index (χ4n) is 2.61. The van der Waals surface area contributed by atoms with Gasteiger partial charge in [-0.2, -0.15) is 9.61 Å². The summed E-state index contributed by atoms with van der Waals surface area (Å²) < 4.78 is 1.33. The van der Waals surface area contributed by atoms with Gasteiger partial charge in [-0.05, 0) is 11.6 Å². The highest BCUT2D eigenvalue weighted by Crippen LogP contribution is 2.29. The summed E-state index contributed by atoms with van der Waals surface area (Å²) in [6.07, 6.45) is 4.94. The maximum Gasteiger partial charge on any atom is 0.262 e. The molecule has 6 heteroatoms. The number of aromatic nitrogens is 4. The van der Waals surface area contributed by atoms with Gasteiger partial charge in [-0.25, -0.2) is 0 Å². The summed E-state index contributed by atoms with van der Waals surface area (Å²) in [6.45, 7) is 0. The Hall–Kier alpha value is -3.41. The number of pyridine rings is 1. The molecular weight excluding hydrogens is 292 g/mol. The second-order valence-electron chi connectivity index (χ2n) is 5.08. The van der Waals surface area contributed by atoms with Crippen LogP contribution in [-0.2, 0) is 0 Å². The van der Waals surface area contributed by atoms with Crippen LogP contribution in [0, 0.1) is 0 Å². The van der Waals surface area contributed by atoms with Crippen molar-refractivity contribution in [1.82, 2.24) is 19.6 Å². The minimum absolute atomic E-state index is 0.190. The standard InChI is InChI=1S/C17H12N4O2/c22-16-14(11-5-2-1-3-6-11)17(23)21-15(20-16)13(10-19-21)12-7-4-8-18-9-12/h1-10,23H,(H,20,22). The number of rotatable bonds is 2. The Kier molecular flexibility index (Phi) is 2.94. The molecule has 0 spiro atoms. The summed E-state index contributed by atoms with van der Waals surface area (Å²) in [5.41, 5.74) is 2.40. The first kappa shape index (κ1) is 13.3. The Balaban J connectivity index is 2.00. The number of benzene rings is 1. The fraction of sp³-hybridized carbons (Fsp3) is 0. The molecule has 0 radical (unpaired) electrons. The van der Waals surface area contributed by atoms with Crippen molar-refractivity contribution in [3.8, 4) is 28.1 Å². The van der Waals surface area contributed by atoms with Gasteiger partial charge in [-0.1, -0.05) is 36.4 Å². The van der Waals surface area contributed by atoms with Crippen molar-refractivity contribution in [1.29, 1.82) is 0 Å². The molecule has 0 aliphatic rings. The monoisotopic (exact) mass is 304 g/mol. The second-order valence-corrected chi connectivity index (χ2v) is 5.08. The third-order valence-corrected chi connectivity index (χ3v) is 3.69. The highest BCUT2D eigenvalue weighted by Gasteiger charge is 2.17. The number of aromatic hydroxyl groups is 1. The van der Waals surface area contributed by atoms with E-state index >= 15 is 0 Å². The van der Waals surface area contributed by atoms with E-state index in [0.29, 0.717) is 16.8 Å². The SMILES string of the molecule is O=c1[nH]c2c(-c3cccnc3)cnn2c(O)c1-c1ccccc1. The lowest BCUT2D eigenvalue weighted by molar-refractivity contribution is 0.437. The molecule has 4 rings (SSSR count). The first-order valence-corrected chi connectivity index (χ1v) is 7.04. The maximum absolute atomic E-state index is 12.5. The molecule has 0 aliphatic heterocycles. The van der Waals surface area contributed by atoms with Gasteiger partial charge in [0.25, 0.3) is 5.56 Å². The van der Waals surface area contributed by atoms with Gasteiger partial charge in [0.1, 0.15) is 11.2 Å². The molecule has 3 aromatic heterocycles. The van der Waals surface area contributed by atoms with Crippen LogP contribution in [0.2, 0.25) is 0 Å². The predicted octanol–water partition coefficient (Wildman–Crippen LogP) is 2.46. The number of hydrogen-bond acceptors (Lipinski definition) is 4. The van der Waals surface area contributed by atoms with Crippen molar-refractivity contribution in [2.24, 2.45) is 0 Å². The molecule has 0 bridgehead atoms. The van der Waals surface area contributed by atoms with Gasteiger partial charge in [0, 0.05) is 23.5 Å². The van der Waals surface area contributed by atoms with E-state index in [0.717, 1.165) is 5.56 Å². The number of fused-ring (bicyclic) bond motifs is 1. The average Bonchev–Trinajstić information content (AvgIpc) is 3.00. The van der Waals surface area contributed by atoms with Crippen molar-refractivity contribution in [3.05, 3.63) is 71.4 Å². The summed E-state index contributed by atoms with van der Waals surface area (Å²) in [6, 6.07) is 12.7. The van der Waals surface area contributed by atoms with E-state index in [9.17, 15) is 9.90 Å². The molecule has 3 heterocycles. The number of aromatic amines is 1. The molecule has 1 aromatic carbocycles. The Morgan fingerprint density at radius 3 is 2.52 bits per heavy atom. The van der Waals surface area contributed by atoms with Crippen LogP contribution >= 0.6 is 0 Å². The van der Waals surface area contributed by atoms with Crippen molar-refractivity contribution in [3.63, 3.8) is 0 Å². The molecular formula is C17H12N4O2. The van der Waals surface area contributed by atoms with Gasteiger partial charge in [-0.15, -0.1) is 0 Å². The molecule has 2 N–H and O–H groups in total. The molecule has 0 saturated heterocycles. The highest BCUT2D eigenvalue weighted by molar-refractivity contribution is 5.79. The van der Waals surface area contributed by atoms with Gasteiger partial charge >= 0.3 is 0 Å². The zero-order valence-corrected chi connectivity index (χ0v) is 12.0. The van der Waals surface area contributed by atoms with Gasteiger partial charge in [0.05, 0.1) is 6.20 Å². The lowest BCUT2D eigenvalue weighted by Crippen LogP contribution is -2.12. The molecule has 6 nitrogen and oxygen atoms in total. The van der Waals surface area contributed by atoms with E-state index in [4.69, 9.17) is 0 Å². The van der Waals surface area contributed by atoms with Crippen molar-refractivity contribution in [2.75, 3.05) is 0 Å². The van der Waals surface area contributed by atoms with E-state index in [1.54, 1.807) is 36.8 Å². The summed E-state index contributed by atoms with van der Waals surface area (Å²) in [7, 11) is 0. The van der Waals surface area contributed by atoms with Crippen LogP contribution in [0.15, 0.2) is 65.8 Å². The minimum atomic E-state index is -0.369. The largest absolute Gasteiger partial charge is 0.493 e. The van der Waals surface area contributed by atoms with Crippen molar-refractivity contribution < 1.29 is 5.11 Å². The molecule has 0 unspecified atom stereocenters. The normalized spacial score (nSPS) is 11.0. The summed E-state index contributed by atoms with van der Waals surface area (Å²) in [4.78, 5) is 19.3. The Bertz CT molecular complexity index is 1040. The van der Waals surface area contributed by atoms with Crippen LogP contribution in [0.4, 0.5) is 0 Å². The van der Waals surface area contributed by atoms with Gasteiger partial charge < -0.3 is 10.1 Å². The molecule has 0 saturated carbocycles. The number of H-pyrrole nitrogens is 1. The predicted molar refractivity (Wildman–Crippen MR) is 86.1 cm³/mol. The van der Waals surface area contributed by atoms with E-state index in [1.165, 1.54) is 4.52 Å². The van der Waals surface area contributed by atoms with E-state index in [-0.39, 0.29) is 17.0 Å². The zero-order valence-electron chi connectivity index (χ0n) is 12.0. The minimum Gasteiger partial charge on any atom is -0.493 e. The van der Waals surface area contributed by atoms with Crippen LogP contribution in [0.3, 0.4) is 0 Å². The third kappa shape index (κ3) is 2.08. The number of hydrogen-bond donors (Lipinski definition) is 2.